The van der Waals surface area contributed by atoms with Crippen molar-refractivity contribution in [1.82, 2.24) is 0 Å². The number of halogens is 1. The van der Waals surface area contributed by atoms with Crippen LogP contribution in [0.1, 0.15) is 12.0 Å². The van der Waals surface area contributed by atoms with E-state index < -0.39 is 0 Å². The number of hydrogen-bond acceptors (Lipinski definition) is 4. The number of nitrogen functional groups attached to an aromatic ring is 1. The highest BCUT2D eigenvalue weighted by Gasteiger charge is 2.23. The molecule has 0 aliphatic carbocycles. The van der Waals surface area contributed by atoms with Gasteiger partial charge in [0.1, 0.15) is 11.5 Å². The maximum absolute atomic E-state index is 12.5. The minimum Gasteiger partial charge on any atom is -0.497 e. The Morgan fingerprint density at radius 1 is 1.17 bits per heavy atom. The molecule has 2 N–H and O–H groups in total. The summed E-state index contributed by atoms with van der Waals surface area (Å²) < 4.78 is 10.7. The van der Waals surface area contributed by atoms with E-state index in [9.17, 15) is 4.79 Å². The predicted molar refractivity (Wildman–Crippen MR) is 97.3 cm³/mol. The predicted octanol–water partition coefficient (Wildman–Crippen LogP) is 3.06. The summed E-state index contributed by atoms with van der Waals surface area (Å²) in [4.78, 5) is 14.3. The Bertz CT molecular complexity index is 704. The molecule has 24 heavy (non-hydrogen) atoms. The number of carbonyl (C=O) groups is 1. The fourth-order valence-corrected chi connectivity index (χ4v) is 2.81. The summed E-state index contributed by atoms with van der Waals surface area (Å²) in [6, 6.07) is 12.9. The van der Waals surface area contributed by atoms with Gasteiger partial charge in [-0.1, -0.05) is 6.07 Å². The Labute approximate surface area is 147 Å². The Balaban J connectivity index is 0.00000208. The van der Waals surface area contributed by atoms with Gasteiger partial charge < -0.3 is 20.1 Å². The molecule has 3 rings (SSSR count). The van der Waals surface area contributed by atoms with Crippen LogP contribution in [0.3, 0.4) is 0 Å². The van der Waals surface area contributed by atoms with Crippen molar-refractivity contribution in [3.8, 4) is 11.5 Å². The van der Waals surface area contributed by atoms with Gasteiger partial charge >= 0.3 is 0 Å². The molecule has 0 atom stereocenters. The van der Waals surface area contributed by atoms with Gasteiger partial charge in [-0.3, -0.25) is 4.79 Å². The third-order valence-electron chi connectivity index (χ3n) is 4.01. The number of fused-ring (bicyclic) bond motifs is 1. The summed E-state index contributed by atoms with van der Waals surface area (Å²) in [6.07, 6.45) is 1.82. The number of benzene rings is 2. The van der Waals surface area contributed by atoms with Gasteiger partial charge in [-0.05, 0) is 54.8 Å². The standard InChI is InChI=1S/C18H20N2O3.ClH/c1-22-13-7-9-14(10-8-13)23-12-18(21)20-11-3-4-15-16(19)5-2-6-17(15)20;/h2,5-10H,3-4,11-12,19H2,1H3;1H. The van der Waals surface area contributed by atoms with Crippen LogP contribution in [0.4, 0.5) is 11.4 Å². The van der Waals surface area contributed by atoms with E-state index in [4.69, 9.17) is 15.2 Å². The molecule has 2 aromatic carbocycles. The fraction of sp³-hybridized carbons (Fsp3) is 0.278. The van der Waals surface area contributed by atoms with Crippen LogP contribution in [-0.4, -0.2) is 26.2 Å². The van der Waals surface area contributed by atoms with E-state index in [1.165, 1.54) is 0 Å². The smallest absolute Gasteiger partial charge is 0.264 e. The summed E-state index contributed by atoms with van der Waals surface area (Å²) in [5, 5.41) is 0. The zero-order valence-corrected chi connectivity index (χ0v) is 14.3. The first-order chi connectivity index (χ1) is 11.2. The summed E-state index contributed by atoms with van der Waals surface area (Å²) in [5.74, 6) is 1.33. The Kier molecular flexibility index (Phi) is 5.93. The van der Waals surface area contributed by atoms with Crippen molar-refractivity contribution in [3.05, 3.63) is 48.0 Å². The van der Waals surface area contributed by atoms with Gasteiger partial charge in [-0.2, -0.15) is 0 Å². The molecule has 0 radical (unpaired) electrons. The normalized spacial score (nSPS) is 12.8. The average Bonchev–Trinajstić information content (AvgIpc) is 2.60. The number of anilines is 2. The lowest BCUT2D eigenvalue weighted by Gasteiger charge is -2.30. The number of nitrogens with two attached hydrogens (primary N) is 1. The lowest BCUT2D eigenvalue weighted by Crippen LogP contribution is -2.38. The number of methoxy groups -OCH3 is 1. The number of hydrogen-bond donors (Lipinski definition) is 1. The maximum atomic E-state index is 12.5. The molecule has 1 aliphatic heterocycles. The maximum Gasteiger partial charge on any atom is 0.264 e. The van der Waals surface area contributed by atoms with Gasteiger partial charge in [0.25, 0.3) is 5.91 Å². The molecular weight excluding hydrogens is 328 g/mol. The van der Waals surface area contributed by atoms with Crippen LogP contribution in [0.2, 0.25) is 0 Å². The van der Waals surface area contributed by atoms with Crippen molar-refractivity contribution in [2.75, 3.05) is 30.9 Å². The van der Waals surface area contributed by atoms with E-state index >= 15 is 0 Å². The Morgan fingerprint density at radius 2 is 1.88 bits per heavy atom. The third kappa shape index (κ3) is 3.74. The monoisotopic (exact) mass is 348 g/mol. The summed E-state index contributed by atoms with van der Waals surface area (Å²) in [5.41, 5.74) is 8.72. The van der Waals surface area contributed by atoms with Crippen LogP contribution < -0.4 is 20.1 Å². The molecule has 2 aromatic rings. The Hall–Kier alpha value is -2.40. The van der Waals surface area contributed by atoms with Crippen LogP contribution >= 0.6 is 12.4 Å². The number of nitrogens with zero attached hydrogens (tertiary/aromatic N) is 1. The van der Waals surface area contributed by atoms with Crippen molar-refractivity contribution >= 4 is 29.7 Å². The molecule has 1 heterocycles. The molecule has 0 aromatic heterocycles. The van der Waals surface area contributed by atoms with Gasteiger partial charge in [0.15, 0.2) is 6.61 Å². The molecule has 1 aliphatic rings. The second-order valence-corrected chi connectivity index (χ2v) is 5.46. The van der Waals surface area contributed by atoms with Crippen molar-refractivity contribution in [1.29, 1.82) is 0 Å². The van der Waals surface area contributed by atoms with Crippen LogP contribution in [0.5, 0.6) is 11.5 Å². The number of ether oxygens (including phenoxy) is 2. The van der Waals surface area contributed by atoms with Gasteiger partial charge in [0.05, 0.1) is 7.11 Å². The van der Waals surface area contributed by atoms with E-state index in [1.807, 2.05) is 18.2 Å². The topological polar surface area (TPSA) is 64.8 Å². The van der Waals surface area contributed by atoms with Crippen molar-refractivity contribution in [2.45, 2.75) is 12.8 Å². The largest absolute Gasteiger partial charge is 0.497 e. The minimum absolute atomic E-state index is 0. The molecule has 0 fully saturated rings. The van der Waals surface area contributed by atoms with Crippen LogP contribution in [-0.2, 0) is 11.2 Å². The highest BCUT2D eigenvalue weighted by atomic mass is 35.5. The van der Waals surface area contributed by atoms with E-state index in [0.717, 1.165) is 35.5 Å². The summed E-state index contributed by atoms with van der Waals surface area (Å²) >= 11 is 0. The molecular formula is C18H21ClN2O3. The van der Waals surface area contributed by atoms with Crippen molar-refractivity contribution < 1.29 is 14.3 Å². The molecule has 6 heteroatoms. The van der Waals surface area contributed by atoms with Crippen LogP contribution in [0, 0.1) is 0 Å². The third-order valence-corrected chi connectivity index (χ3v) is 4.01. The first-order valence-corrected chi connectivity index (χ1v) is 7.63. The van der Waals surface area contributed by atoms with E-state index in [2.05, 4.69) is 0 Å². The number of amides is 1. The van der Waals surface area contributed by atoms with Crippen LogP contribution in [0.25, 0.3) is 0 Å². The average molecular weight is 349 g/mol. The quantitative estimate of drug-likeness (QED) is 0.862. The van der Waals surface area contributed by atoms with E-state index in [0.29, 0.717) is 12.3 Å². The second-order valence-electron chi connectivity index (χ2n) is 5.46. The highest BCUT2D eigenvalue weighted by molar-refractivity contribution is 5.96. The molecule has 0 bridgehead atoms. The molecule has 0 saturated carbocycles. The molecule has 128 valence electrons. The SMILES string of the molecule is COc1ccc(OCC(=O)N2CCCc3c(N)cccc32)cc1.Cl. The number of carbonyl (C=O) groups excluding carboxylic acids is 1. The fourth-order valence-electron chi connectivity index (χ4n) is 2.81. The lowest BCUT2D eigenvalue weighted by molar-refractivity contribution is -0.120. The van der Waals surface area contributed by atoms with Gasteiger partial charge in [-0.25, -0.2) is 0 Å². The zero-order chi connectivity index (χ0) is 16.2. The summed E-state index contributed by atoms with van der Waals surface area (Å²) in [6.45, 7) is 0.696. The minimum atomic E-state index is -0.0626. The molecule has 0 spiro atoms. The van der Waals surface area contributed by atoms with Gasteiger partial charge in [-0.15, -0.1) is 12.4 Å². The lowest BCUT2D eigenvalue weighted by atomic mass is 10.00. The zero-order valence-electron chi connectivity index (χ0n) is 13.5. The van der Waals surface area contributed by atoms with Crippen molar-refractivity contribution in [3.63, 3.8) is 0 Å². The highest BCUT2D eigenvalue weighted by Crippen LogP contribution is 2.31. The van der Waals surface area contributed by atoms with Gasteiger partial charge in [0, 0.05) is 17.9 Å². The first-order valence-electron chi connectivity index (χ1n) is 7.63. The van der Waals surface area contributed by atoms with E-state index in [-0.39, 0.29) is 24.9 Å². The summed E-state index contributed by atoms with van der Waals surface area (Å²) in [7, 11) is 1.61. The molecule has 1 amide bonds. The van der Waals surface area contributed by atoms with Gasteiger partial charge in [0.2, 0.25) is 0 Å². The van der Waals surface area contributed by atoms with Crippen LogP contribution in [0.15, 0.2) is 42.5 Å². The second kappa shape index (κ2) is 7.93. The molecule has 0 unspecified atom stereocenters. The van der Waals surface area contributed by atoms with Crippen molar-refractivity contribution in [2.24, 2.45) is 0 Å². The van der Waals surface area contributed by atoms with E-state index in [1.54, 1.807) is 36.3 Å². The Morgan fingerprint density at radius 3 is 2.58 bits per heavy atom. The molecule has 5 nitrogen and oxygen atoms in total. The first kappa shape index (κ1) is 17.9. The molecule has 0 saturated heterocycles. The number of rotatable bonds is 4.